The lowest BCUT2D eigenvalue weighted by Gasteiger charge is -2.22. The Balaban J connectivity index is 1.57. The van der Waals surface area contributed by atoms with Crippen molar-refractivity contribution >= 4 is 46.8 Å². The number of thioether (sulfide) groups is 1. The highest BCUT2D eigenvalue weighted by Crippen LogP contribution is 2.21. The van der Waals surface area contributed by atoms with Crippen LogP contribution in [0.4, 0.5) is 0 Å². The topological polar surface area (TPSA) is 61.4 Å². The first kappa shape index (κ1) is 23.9. The van der Waals surface area contributed by atoms with Crippen molar-refractivity contribution in [3.05, 3.63) is 69.7 Å². The van der Waals surface area contributed by atoms with E-state index in [4.69, 9.17) is 23.2 Å². The van der Waals surface area contributed by atoms with Crippen LogP contribution in [0, 0.1) is 0 Å². The highest BCUT2D eigenvalue weighted by molar-refractivity contribution is 7.98. The average molecular weight is 480 g/mol. The minimum absolute atomic E-state index is 0.0732. The van der Waals surface area contributed by atoms with Crippen LogP contribution in [-0.4, -0.2) is 53.9 Å². The quantitative estimate of drug-likeness (QED) is 0.564. The van der Waals surface area contributed by atoms with Crippen molar-refractivity contribution in [2.75, 3.05) is 25.1 Å². The second kappa shape index (κ2) is 11.8. The van der Waals surface area contributed by atoms with E-state index < -0.39 is 6.04 Å². The van der Waals surface area contributed by atoms with Gasteiger partial charge in [0.05, 0.1) is 10.6 Å². The number of likely N-dealkylation sites (tertiary alicyclic amines) is 1. The van der Waals surface area contributed by atoms with Crippen molar-refractivity contribution < 1.29 is 9.59 Å². The molecule has 2 N–H and O–H groups in total. The third-order valence-electron chi connectivity index (χ3n) is 5.28. The molecule has 2 amide bonds. The number of hydrogen-bond acceptors (Lipinski definition) is 4. The summed E-state index contributed by atoms with van der Waals surface area (Å²) < 4.78 is 0. The van der Waals surface area contributed by atoms with Gasteiger partial charge in [0.15, 0.2) is 0 Å². The van der Waals surface area contributed by atoms with Crippen molar-refractivity contribution in [3.8, 4) is 0 Å². The molecule has 0 spiro atoms. The van der Waals surface area contributed by atoms with Crippen LogP contribution in [0.5, 0.6) is 0 Å². The van der Waals surface area contributed by atoms with Crippen LogP contribution in [0.25, 0.3) is 0 Å². The minimum Gasteiger partial charge on any atom is -0.350 e. The van der Waals surface area contributed by atoms with Gasteiger partial charge in [-0.25, -0.2) is 0 Å². The Hall–Kier alpha value is -1.73. The number of benzene rings is 2. The maximum atomic E-state index is 13.0. The van der Waals surface area contributed by atoms with Crippen LogP contribution in [-0.2, 0) is 11.3 Å². The van der Waals surface area contributed by atoms with Gasteiger partial charge in [0.1, 0.15) is 6.04 Å². The molecule has 0 aromatic heterocycles. The van der Waals surface area contributed by atoms with E-state index in [-0.39, 0.29) is 22.9 Å². The molecule has 5 nitrogen and oxygen atoms in total. The van der Waals surface area contributed by atoms with Crippen LogP contribution in [0.3, 0.4) is 0 Å². The SMILES string of the molecule is CSCCC(NC(=O)c1ccc(Cl)cc1Cl)C(=O)NC1CCN(Cc2ccccc2)C1. The zero-order valence-electron chi connectivity index (χ0n) is 17.4. The number of rotatable bonds is 9. The highest BCUT2D eigenvalue weighted by Gasteiger charge is 2.28. The van der Waals surface area contributed by atoms with Gasteiger partial charge in [0.25, 0.3) is 5.91 Å². The number of carbonyl (C=O) groups is 2. The minimum atomic E-state index is -0.616. The fourth-order valence-corrected chi connectivity index (χ4v) is 4.62. The Bertz CT molecular complexity index is 898. The summed E-state index contributed by atoms with van der Waals surface area (Å²) in [6.07, 6.45) is 3.42. The van der Waals surface area contributed by atoms with Gasteiger partial charge < -0.3 is 10.6 Å². The fraction of sp³-hybridized carbons (Fsp3) is 0.391. The van der Waals surface area contributed by atoms with E-state index in [1.165, 1.54) is 11.6 Å². The van der Waals surface area contributed by atoms with Crippen LogP contribution in [0.1, 0.15) is 28.8 Å². The molecular weight excluding hydrogens is 453 g/mol. The molecular formula is C23H27Cl2N3O2S. The Morgan fingerprint density at radius 3 is 2.68 bits per heavy atom. The van der Waals surface area contributed by atoms with Crippen molar-refractivity contribution in [2.45, 2.75) is 31.5 Å². The summed E-state index contributed by atoms with van der Waals surface area (Å²) in [6.45, 7) is 2.60. The van der Waals surface area contributed by atoms with Crippen LogP contribution < -0.4 is 10.6 Å². The summed E-state index contributed by atoms with van der Waals surface area (Å²) in [6, 6.07) is 14.5. The Labute approximate surface area is 197 Å². The van der Waals surface area contributed by atoms with Crippen molar-refractivity contribution in [3.63, 3.8) is 0 Å². The second-order valence-corrected chi connectivity index (χ2v) is 9.48. The van der Waals surface area contributed by atoms with Gasteiger partial charge in [-0.05, 0) is 48.6 Å². The zero-order chi connectivity index (χ0) is 22.2. The van der Waals surface area contributed by atoms with E-state index in [0.29, 0.717) is 17.0 Å². The molecule has 0 radical (unpaired) electrons. The summed E-state index contributed by atoms with van der Waals surface area (Å²) in [7, 11) is 0. The number of carbonyl (C=O) groups excluding carboxylic acids is 2. The van der Waals surface area contributed by atoms with E-state index in [1.807, 2.05) is 24.5 Å². The molecule has 8 heteroatoms. The molecule has 1 heterocycles. The van der Waals surface area contributed by atoms with Crippen molar-refractivity contribution in [2.24, 2.45) is 0 Å². The van der Waals surface area contributed by atoms with E-state index in [1.54, 1.807) is 23.9 Å². The number of hydrogen-bond donors (Lipinski definition) is 2. The molecule has 0 bridgehead atoms. The lowest BCUT2D eigenvalue weighted by molar-refractivity contribution is -0.123. The lowest BCUT2D eigenvalue weighted by Crippen LogP contribution is -2.50. The third kappa shape index (κ3) is 7.14. The van der Waals surface area contributed by atoms with Gasteiger partial charge in [-0.3, -0.25) is 14.5 Å². The van der Waals surface area contributed by atoms with Gasteiger partial charge in [-0.15, -0.1) is 0 Å². The number of halogens is 2. The van der Waals surface area contributed by atoms with Gasteiger partial charge >= 0.3 is 0 Å². The first-order valence-corrected chi connectivity index (χ1v) is 12.4. The van der Waals surface area contributed by atoms with Crippen LogP contribution >= 0.6 is 35.0 Å². The molecule has 0 saturated carbocycles. The van der Waals surface area contributed by atoms with Gasteiger partial charge in [0, 0.05) is 30.7 Å². The molecule has 1 saturated heterocycles. The van der Waals surface area contributed by atoms with Crippen molar-refractivity contribution in [1.29, 1.82) is 0 Å². The summed E-state index contributed by atoms with van der Waals surface area (Å²) in [5.74, 6) is 0.233. The standard InChI is InChI=1S/C23H27Cl2N3O2S/c1-31-12-10-21(27-22(29)19-8-7-17(24)13-20(19)25)23(30)26-18-9-11-28(15-18)14-16-5-3-2-4-6-16/h2-8,13,18,21H,9-12,14-15H2,1H3,(H,26,30)(H,27,29). The molecule has 31 heavy (non-hydrogen) atoms. The molecule has 2 aromatic rings. The predicted molar refractivity (Wildman–Crippen MR) is 129 cm³/mol. The van der Waals surface area contributed by atoms with Crippen LogP contribution in [0.2, 0.25) is 10.0 Å². The van der Waals surface area contributed by atoms with E-state index >= 15 is 0 Å². The summed E-state index contributed by atoms with van der Waals surface area (Å²) in [5, 5.41) is 6.70. The molecule has 2 unspecified atom stereocenters. The number of nitrogens with one attached hydrogen (secondary N) is 2. The Morgan fingerprint density at radius 1 is 1.19 bits per heavy atom. The summed E-state index contributed by atoms with van der Waals surface area (Å²) in [4.78, 5) is 28.0. The highest BCUT2D eigenvalue weighted by atomic mass is 35.5. The molecule has 2 atom stereocenters. The maximum Gasteiger partial charge on any atom is 0.253 e. The number of amides is 2. The number of nitrogens with zero attached hydrogens (tertiary/aromatic N) is 1. The van der Waals surface area contributed by atoms with Gasteiger partial charge in [-0.1, -0.05) is 53.5 Å². The molecule has 1 aliphatic heterocycles. The van der Waals surface area contributed by atoms with E-state index in [2.05, 4.69) is 27.7 Å². The summed E-state index contributed by atoms with van der Waals surface area (Å²) in [5.41, 5.74) is 1.57. The van der Waals surface area contributed by atoms with Gasteiger partial charge in [-0.2, -0.15) is 11.8 Å². The lowest BCUT2D eigenvalue weighted by atomic mass is 10.1. The average Bonchev–Trinajstić information content (AvgIpc) is 3.18. The van der Waals surface area contributed by atoms with E-state index in [0.717, 1.165) is 31.8 Å². The predicted octanol–water partition coefficient (Wildman–Crippen LogP) is 4.24. The molecule has 1 aliphatic rings. The third-order valence-corrected chi connectivity index (χ3v) is 6.47. The summed E-state index contributed by atoms with van der Waals surface area (Å²) >= 11 is 13.7. The molecule has 1 fully saturated rings. The fourth-order valence-electron chi connectivity index (χ4n) is 3.65. The molecule has 2 aromatic carbocycles. The van der Waals surface area contributed by atoms with E-state index in [9.17, 15) is 9.59 Å². The van der Waals surface area contributed by atoms with Crippen molar-refractivity contribution in [1.82, 2.24) is 15.5 Å². The largest absolute Gasteiger partial charge is 0.350 e. The first-order valence-electron chi connectivity index (χ1n) is 10.3. The van der Waals surface area contributed by atoms with Crippen LogP contribution in [0.15, 0.2) is 48.5 Å². The maximum absolute atomic E-state index is 13.0. The van der Waals surface area contributed by atoms with Gasteiger partial charge in [0.2, 0.25) is 5.91 Å². The zero-order valence-corrected chi connectivity index (χ0v) is 19.8. The monoisotopic (exact) mass is 479 g/mol. The first-order chi connectivity index (χ1) is 15.0. The Morgan fingerprint density at radius 2 is 1.97 bits per heavy atom. The normalized spacial score (nSPS) is 17.3. The smallest absolute Gasteiger partial charge is 0.253 e. The molecule has 3 rings (SSSR count). The Kier molecular flexibility index (Phi) is 9.08. The second-order valence-electron chi connectivity index (χ2n) is 7.65. The molecule has 166 valence electrons. The molecule has 0 aliphatic carbocycles.